The molecule has 0 spiro atoms. The number of nitrogens with one attached hydrogen (secondary N) is 1. The van der Waals surface area contributed by atoms with Crippen LogP contribution in [-0.4, -0.2) is 92.3 Å². The maximum atomic E-state index is 13.2. The Bertz CT molecular complexity index is 1960. The Morgan fingerprint density at radius 3 is 2.73 bits per heavy atom. The van der Waals surface area contributed by atoms with Crippen molar-refractivity contribution in [1.29, 1.82) is 0 Å². The average Bonchev–Trinajstić information content (AvgIpc) is 3.80. The summed E-state index contributed by atoms with van der Waals surface area (Å²) in [4.78, 5) is 46.8. The molecule has 1 saturated carbocycles. The summed E-state index contributed by atoms with van der Waals surface area (Å²) in [5.74, 6) is -0.341. The molecule has 7 N–H and O–H groups in total. The smallest absolute Gasteiger partial charge is 0.387 e. The van der Waals surface area contributed by atoms with Crippen LogP contribution in [-0.2, 0) is 43.9 Å². The van der Waals surface area contributed by atoms with Gasteiger partial charge < -0.3 is 35.5 Å². The van der Waals surface area contributed by atoms with Gasteiger partial charge in [0.15, 0.2) is 35.0 Å². The van der Waals surface area contributed by atoms with Gasteiger partial charge in [-0.2, -0.15) is 4.98 Å². The van der Waals surface area contributed by atoms with Crippen molar-refractivity contribution in [2.24, 2.45) is 5.92 Å². The fourth-order valence-electron chi connectivity index (χ4n) is 6.48. The molecule has 7 heterocycles. The lowest BCUT2D eigenvalue weighted by Gasteiger charge is -2.33. The Balaban J connectivity index is 1.12. The zero-order valence-corrected chi connectivity index (χ0v) is 25.5. The lowest BCUT2D eigenvalue weighted by Crippen LogP contribution is -2.42. The number of aromatic nitrogens is 8. The van der Waals surface area contributed by atoms with Crippen molar-refractivity contribution in [3.05, 3.63) is 29.3 Å². The zero-order chi connectivity index (χ0) is 31.2. The SMILES string of the molecule is Nc1nc2c(ncn2C2OC3CO[P+](=O)OC4C5CCC4(COP(O)(=S)OC2C3O)OC5n2cnc3c(N)ncnc32)c(=O)[nH]1. The summed E-state index contributed by atoms with van der Waals surface area (Å²) in [5.41, 5.74) is 10.7. The van der Waals surface area contributed by atoms with Gasteiger partial charge in [-0.15, -0.1) is 9.05 Å². The molecular formula is C22H25N10O10P2S+. The quantitative estimate of drug-likeness (QED) is 0.170. The first-order valence-corrected chi connectivity index (χ1v) is 17.3. The fraction of sp³-hybridized carbons (Fsp3) is 0.545. The number of nitrogens with two attached hydrogens (primary N) is 2. The van der Waals surface area contributed by atoms with E-state index in [0.717, 1.165) is 0 Å². The first-order valence-electron chi connectivity index (χ1n) is 13.6. The number of nitrogens with zero attached hydrogens (tertiary/aromatic N) is 7. The summed E-state index contributed by atoms with van der Waals surface area (Å²) in [5, 5.41) is 11.2. The highest BCUT2D eigenvalue weighted by Gasteiger charge is 2.65. The molecular weight excluding hydrogens is 658 g/mol. The second-order valence-corrected chi connectivity index (χ2v) is 14.8. The number of aliphatic hydroxyl groups excluding tert-OH is 1. The van der Waals surface area contributed by atoms with Crippen molar-refractivity contribution in [3.63, 3.8) is 0 Å². The van der Waals surface area contributed by atoms with Crippen LogP contribution in [0.3, 0.4) is 0 Å². The van der Waals surface area contributed by atoms with Crippen LogP contribution < -0.4 is 17.0 Å². The molecule has 1 aliphatic carbocycles. The van der Waals surface area contributed by atoms with E-state index in [0.29, 0.717) is 24.0 Å². The van der Waals surface area contributed by atoms with Gasteiger partial charge in [0.1, 0.15) is 48.6 Å². The maximum Gasteiger partial charge on any atom is 0.697 e. The molecule has 23 heteroatoms. The molecule has 45 heavy (non-hydrogen) atoms. The lowest BCUT2D eigenvalue weighted by atomic mass is 10.0. The second kappa shape index (κ2) is 10.5. The van der Waals surface area contributed by atoms with Crippen LogP contribution in [0.4, 0.5) is 11.8 Å². The number of ether oxygens (including phenoxy) is 2. The van der Waals surface area contributed by atoms with Crippen LogP contribution in [0, 0.1) is 5.92 Å². The number of aromatic amines is 1. The number of nitrogen functional groups attached to an aromatic ring is 2. The van der Waals surface area contributed by atoms with Crippen LogP contribution >= 0.6 is 15.0 Å². The van der Waals surface area contributed by atoms with E-state index in [1.807, 2.05) is 0 Å². The van der Waals surface area contributed by atoms with Gasteiger partial charge in [-0.05, 0) is 24.6 Å². The van der Waals surface area contributed by atoms with Gasteiger partial charge >= 0.3 is 15.0 Å². The van der Waals surface area contributed by atoms with Gasteiger partial charge in [-0.3, -0.25) is 23.4 Å². The zero-order valence-electron chi connectivity index (χ0n) is 22.9. The molecule has 4 bridgehead atoms. The molecule has 0 amide bonds. The van der Waals surface area contributed by atoms with Crippen LogP contribution in [0.15, 0.2) is 23.8 Å². The van der Waals surface area contributed by atoms with E-state index in [-0.39, 0.29) is 35.5 Å². The highest BCUT2D eigenvalue weighted by Crippen LogP contribution is 2.59. The monoisotopic (exact) mass is 683 g/mol. The van der Waals surface area contributed by atoms with Crippen LogP contribution in [0.25, 0.3) is 22.3 Å². The predicted molar refractivity (Wildman–Crippen MR) is 154 cm³/mol. The van der Waals surface area contributed by atoms with E-state index >= 15 is 0 Å². The van der Waals surface area contributed by atoms with Crippen molar-refractivity contribution in [3.8, 4) is 0 Å². The Hall–Kier alpha value is -3.07. The van der Waals surface area contributed by atoms with Crippen LogP contribution in [0.2, 0.25) is 0 Å². The largest absolute Gasteiger partial charge is 0.697 e. The normalized spacial score (nSPS) is 37.8. The minimum Gasteiger partial charge on any atom is -0.387 e. The molecule has 8 rings (SSSR count). The molecule has 4 aliphatic rings. The third-order valence-corrected chi connectivity index (χ3v) is 10.8. The molecule has 4 fully saturated rings. The van der Waals surface area contributed by atoms with E-state index in [1.54, 1.807) is 4.57 Å². The van der Waals surface area contributed by atoms with Crippen LogP contribution in [0.1, 0.15) is 25.3 Å². The number of hydrogen-bond donors (Lipinski definition) is 5. The highest BCUT2D eigenvalue weighted by molar-refractivity contribution is 8.07. The van der Waals surface area contributed by atoms with Crippen molar-refractivity contribution >= 4 is 60.9 Å². The summed E-state index contributed by atoms with van der Waals surface area (Å²) in [6.45, 7) is -4.86. The number of H-pyrrole nitrogens is 1. The highest BCUT2D eigenvalue weighted by atomic mass is 32.5. The first kappa shape index (κ1) is 29.3. The Kier molecular flexibility index (Phi) is 6.83. The maximum absolute atomic E-state index is 13.2. The summed E-state index contributed by atoms with van der Waals surface area (Å²) in [6, 6.07) is 0. The van der Waals surface area contributed by atoms with E-state index in [2.05, 4.69) is 29.9 Å². The molecule has 3 aliphatic heterocycles. The number of anilines is 2. The third-order valence-electron chi connectivity index (χ3n) is 8.50. The van der Waals surface area contributed by atoms with Gasteiger partial charge in [0.2, 0.25) is 5.95 Å². The van der Waals surface area contributed by atoms with E-state index in [9.17, 15) is 19.4 Å². The number of rotatable bonds is 2. The summed E-state index contributed by atoms with van der Waals surface area (Å²) >= 11 is 5.38. The summed E-state index contributed by atoms with van der Waals surface area (Å²) in [6.07, 6.45) is -1.65. The van der Waals surface area contributed by atoms with Crippen molar-refractivity contribution in [1.82, 2.24) is 39.0 Å². The first-order chi connectivity index (χ1) is 21.5. The summed E-state index contributed by atoms with van der Waals surface area (Å²) in [7, 11) is -2.77. The minimum atomic E-state index is -4.14. The number of fused-ring (bicyclic) bond motifs is 4. The molecule has 10 unspecified atom stereocenters. The van der Waals surface area contributed by atoms with Gasteiger partial charge in [-0.1, -0.05) is 0 Å². The number of imidazole rings is 2. The molecule has 238 valence electrons. The molecule has 10 atom stereocenters. The van der Waals surface area contributed by atoms with E-state index < -0.39 is 69.6 Å². The second-order valence-electron chi connectivity index (χ2n) is 11.0. The van der Waals surface area contributed by atoms with Gasteiger partial charge in [-0.25, -0.2) is 19.9 Å². The van der Waals surface area contributed by atoms with Gasteiger partial charge in [0.25, 0.3) is 5.56 Å². The van der Waals surface area contributed by atoms with E-state index in [4.69, 9.17) is 50.8 Å². The molecule has 4 aromatic heterocycles. The summed E-state index contributed by atoms with van der Waals surface area (Å²) < 4.78 is 51.9. The molecule has 0 aromatic carbocycles. The molecule has 20 nitrogen and oxygen atoms in total. The topological polar surface area (TPSA) is 272 Å². The molecule has 4 aromatic rings. The average molecular weight is 684 g/mol. The Morgan fingerprint density at radius 2 is 1.91 bits per heavy atom. The van der Waals surface area contributed by atoms with Crippen molar-refractivity contribution in [2.75, 3.05) is 24.7 Å². The lowest BCUT2D eigenvalue weighted by molar-refractivity contribution is -0.135. The van der Waals surface area contributed by atoms with Gasteiger partial charge in [0.05, 0.1) is 19.3 Å². The number of hydrogen-bond acceptors (Lipinski definition) is 17. The third kappa shape index (κ3) is 4.70. The fourth-order valence-corrected chi connectivity index (χ4v) is 8.78. The van der Waals surface area contributed by atoms with Crippen LogP contribution in [0.5, 0.6) is 0 Å². The van der Waals surface area contributed by atoms with Crippen molar-refractivity contribution < 1.29 is 42.1 Å². The standard InChI is InChI=1S/C22H24N10O10P2S/c23-15-10-16(26-5-25-15)31(6-27-10)19-8-1-2-22(40-19)4-38-44(36,45)42-13-12(33)9(3-37-43(35)41-14(8)22)39-20(13)32-7-28-11-17(32)29-21(24)30-18(11)34/h5-9,12-14,19-20,33H,1-4H2,(H5-,23,24,25,26,29,30,34,36,45)/p+1. The predicted octanol–water partition coefficient (Wildman–Crippen LogP) is -0.249. The minimum absolute atomic E-state index is 0.0227. The van der Waals surface area contributed by atoms with E-state index in [1.165, 1.54) is 23.5 Å². The molecule has 3 saturated heterocycles. The Morgan fingerprint density at radius 1 is 1.13 bits per heavy atom. The Labute approximate surface area is 257 Å². The van der Waals surface area contributed by atoms with Crippen molar-refractivity contribution in [2.45, 2.75) is 55.3 Å². The van der Waals surface area contributed by atoms with Gasteiger partial charge in [0, 0.05) is 10.5 Å². The molecule has 0 radical (unpaired) electrons. The number of aliphatic hydroxyl groups is 1.